The molecule has 0 aromatic carbocycles. The van der Waals surface area contributed by atoms with E-state index < -0.39 is 11.6 Å². The van der Waals surface area contributed by atoms with E-state index in [0.29, 0.717) is 39.0 Å². The number of aliphatic hydroxyl groups is 1. The Balaban J connectivity index is 2.43. The first-order valence-corrected chi connectivity index (χ1v) is 6.79. The Bertz CT molecular complexity index is 265. The number of ether oxygens (including phenoxy) is 1. The van der Waals surface area contributed by atoms with Gasteiger partial charge >= 0.3 is 0 Å². The summed E-state index contributed by atoms with van der Waals surface area (Å²) in [6, 6.07) is -0.446. The Kier molecular flexibility index (Phi) is 6.05. The largest absolute Gasteiger partial charge is 0.388 e. The van der Waals surface area contributed by atoms with Crippen molar-refractivity contribution in [2.75, 3.05) is 26.8 Å². The molecule has 0 aromatic rings. The van der Waals surface area contributed by atoms with Crippen molar-refractivity contribution in [1.82, 2.24) is 4.90 Å². The molecule has 0 spiro atoms. The number of likely N-dealkylation sites (N-methyl/N-ethyl adjacent to an activating group) is 1. The van der Waals surface area contributed by atoms with Gasteiger partial charge in [0.2, 0.25) is 5.91 Å². The van der Waals surface area contributed by atoms with Crippen LogP contribution in [0.25, 0.3) is 0 Å². The summed E-state index contributed by atoms with van der Waals surface area (Å²) in [5.74, 6) is -0.0802. The van der Waals surface area contributed by atoms with Gasteiger partial charge in [-0.15, -0.1) is 0 Å². The molecular weight excluding hydrogens is 232 g/mol. The number of carbonyl (C=O) groups excluding carboxylic acids is 1. The fourth-order valence-corrected chi connectivity index (χ4v) is 2.26. The second-order valence-electron chi connectivity index (χ2n) is 5.28. The van der Waals surface area contributed by atoms with Crippen molar-refractivity contribution < 1.29 is 14.6 Å². The van der Waals surface area contributed by atoms with Gasteiger partial charge in [-0.05, 0) is 6.42 Å². The lowest BCUT2D eigenvalue weighted by Gasteiger charge is -2.36. The van der Waals surface area contributed by atoms with Crippen molar-refractivity contribution in [1.29, 1.82) is 0 Å². The molecule has 0 bridgehead atoms. The van der Waals surface area contributed by atoms with Crippen LogP contribution in [0.5, 0.6) is 0 Å². The number of nitrogens with two attached hydrogens (primary N) is 1. The Labute approximate surface area is 109 Å². The molecule has 1 aliphatic heterocycles. The standard InChI is InChI=1S/C13H26N2O3/c1-3-4-5-11(14)12(16)15(2)10-13(17)6-8-18-9-7-13/h11,17H,3-10,14H2,1-2H3. The summed E-state index contributed by atoms with van der Waals surface area (Å²) in [6.07, 6.45) is 3.86. The molecule has 0 aromatic heterocycles. The summed E-state index contributed by atoms with van der Waals surface area (Å²) < 4.78 is 5.22. The van der Waals surface area contributed by atoms with Crippen LogP contribution in [0, 0.1) is 0 Å². The summed E-state index contributed by atoms with van der Waals surface area (Å²) in [6.45, 7) is 3.53. The van der Waals surface area contributed by atoms with E-state index in [9.17, 15) is 9.90 Å². The van der Waals surface area contributed by atoms with Gasteiger partial charge in [0.25, 0.3) is 0 Å². The zero-order chi connectivity index (χ0) is 13.6. The van der Waals surface area contributed by atoms with Gasteiger partial charge in [-0.2, -0.15) is 0 Å². The van der Waals surface area contributed by atoms with Crippen LogP contribution in [0.1, 0.15) is 39.0 Å². The third-order valence-corrected chi connectivity index (χ3v) is 3.52. The fraction of sp³-hybridized carbons (Fsp3) is 0.923. The van der Waals surface area contributed by atoms with Crippen molar-refractivity contribution in [3.63, 3.8) is 0 Å². The van der Waals surface area contributed by atoms with Crippen LogP contribution in [0.3, 0.4) is 0 Å². The predicted octanol–water partition coefficient (Wildman–Crippen LogP) is 0.504. The van der Waals surface area contributed by atoms with Gasteiger partial charge in [0, 0.05) is 39.6 Å². The molecule has 18 heavy (non-hydrogen) atoms. The van der Waals surface area contributed by atoms with Gasteiger partial charge in [0.05, 0.1) is 11.6 Å². The number of unbranched alkanes of at least 4 members (excludes halogenated alkanes) is 1. The van der Waals surface area contributed by atoms with E-state index in [-0.39, 0.29) is 5.91 Å². The summed E-state index contributed by atoms with van der Waals surface area (Å²) in [4.78, 5) is 13.6. The molecule has 1 aliphatic rings. The Hall–Kier alpha value is -0.650. The molecule has 0 aliphatic carbocycles. The highest BCUT2D eigenvalue weighted by atomic mass is 16.5. The van der Waals surface area contributed by atoms with E-state index in [1.807, 2.05) is 0 Å². The maximum Gasteiger partial charge on any atom is 0.239 e. The second kappa shape index (κ2) is 7.07. The molecule has 1 fully saturated rings. The van der Waals surface area contributed by atoms with Crippen molar-refractivity contribution in [2.45, 2.75) is 50.7 Å². The number of hydrogen-bond donors (Lipinski definition) is 2. The number of carbonyl (C=O) groups is 1. The highest BCUT2D eigenvalue weighted by molar-refractivity contribution is 5.81. The third kappa shape index (κ3) is 4.55. The van der Waals surface area contributed by atoms with Crippen LogP contribution in [0.4, 0.5) is 0 Å². The Morgan fingerprint density at radius 3 is 2.67 bits per heavy atom. The van der Waals surface area contributed by atoms with Crippen LogP contribution in [0.15, 0.2) is 0 Å². The first-order valence-electron chi connectivity index (χ1n) is 6.79. The van der Waals surface area contributed by atoms with Crippen molar-refractivity contribution >= 4 is 5.91 Å². The molecule has 1 saturated heterocycles. The van der Waals surface area contributed by atoms with Gasteiger partial charge in [-0.3, -0.25) is 4.79 Å². The Morgan fingerprint density at radius 1 is 1.50 bits per heavy atom. The molecule has 1 rings (SSSR count). The van der Waals surface area contributed by atoms with Crippen molar-refractivity contribution in [3.05, 3.63) is 0 Å². The molecule has 5 nitrogen and oxygen atoms in total. The first kappa shape index (κ1) is 15.4. The Morgan fingerprint density at radius 2 is 2.11 bits per heavy atom. The highest BCUT2D eigenvalue weighted by Gasteiger charge is 2.33. The van der Waals surface area contributed by atoms with E-state index in [0.717, 1.165) is 12.8 Å². The van der Waals surface area contributed by atoms with Crippen molar-refractivity contribution in [2.24, 2.45) is 5.73 Å². The lowest BCUT2D eigenvalue weighted by molar-refractivity contribution is -0.138. The molecule has 1 unspecified atom stereocenters. The van der Waals surface area contributed by atoms with Crippen LogP contribution in [-0.2, 0) is 9.53 Å². The number of nitrogens with zero attached hydrogens (tertiary/aromatic N) is 1. The molecule has 5 heteroatoms. The highest BCUT2D eigenvalue weighted by Crippen LogP contribution is 2.21. The van der Waals surface area contributed by atoms with E-state index in [2.05, 4.69) is 6.92 Å². The zero-order valence-corrected chi connectivity index (χ0v) is 11.5. The molecule has 106 valence electrons. The first-order chi connectivity index (χ1) is 8.48. The lowest BCUT2D eigenvalue weighted by Crippen LogP contribution is -2.51. The molecule has 0 radical (unpaired) electrons. The van der Waals surface area contributed by atoms with Gasteiger partial charge in [0.1, 0.15) is 0 Å². The molecule has 1 atom stereocenters. The van der Waals surface area contributed by atoms with Crippen molar-refractivity contribution in [3.8, 4) is 0 Å². The van der Waals surface area contributed by atoms with E-state index >= 15 is 0 Å². The minimum absolute atomic E-state index is 0.0802. The normalized spacial score (nSPS) is 20.4. The molecule has 0 saturated carbocycles. The number of amides is 1. The maximum absolute atomic E-state index is 12.0. The van der Waals surface area contributed by atoms with Gasteiger partial charge in [-0.1, -0.05) is 19.8 Å². The number of rotatable bonds is 6. The smallest absolute Gasteiger partial charge is 0.239 e. The molecule has 1 heterocycles. The molecule has 1 amide bonds. The second-order valence-corrected chi connectivity index (χ2v) is 5.28. The molecular formula is C13H26N2O3. The maximum atomic E-state index is 12.0. The fourth-order valence-electron chi connectivity index (χ4n) is 2.26. The van der Waals surface area contributed by atoms with Gasteiger partial charge in [0.15, 0.2) is 0 Å². The van der Waals surface area contributed by atoms with Crippen LogP contribution >= 0.6 is 0 Å². The topological polar surface area (TPSA) is 75.8 Å². The number of hydrogen-bond acceptors (Lipinski definition) is 4. The van der Waals surface area contributed by atoms with E-state index in [1.54, 1.807) is 11.9 Å². The monoisotopic (exact) mass is 258 g/mol. The van der Waals surface area contributed by atoms with E-state index in [1.165, 1.54) is 0 Å². The zero-order valence-electron chi connectivity index (χ0n) is 11.5. The summed E-state index contributed by atoms with van der Waals surface area (Å²) in [7, 11) is 1.71. The van der Waals surface area contributed by atoms with Crippen LogP contribution in [0.2, 0.25) is 0 Å². The SMILES string of the molecule is CCCCC(N)C(=O)N(C)CC1(O)CCOCC1. The average molecular weight is 258 g/mol. The lowest BCUT2D eigenvalue weighted by atomic mass is 9.93. The average Bonchev–Trinajstić information content (AvgIpc) is 2.35. The quantitative estimate of drug-likeness (QED) is 0.727. The predicted molar refractivity (Wildman–Crippen MR) is 70.1 cm³/mol. The summed E-state index contributed by atoms with van der Waals surface area (Å²) in [5, 5.41) is 10.3. The van der Waals surface area contributed by atoms with E-state index in [4.69, 9.17) is 10.5 Å². The summed E-state index contributed by atoms with van der Waals surface area (Å²) in [5.41, 5.74) is 5.04. The minimum atomic E-state index is -0.812. The third-order valence-electron chi connectivity index (χ3n) is 3.52. The molecule has 3 N–H and O–H groups in total. The van der Waals surface area contributed by atoms with Gasteiger partial charge in [-0.25, -0.2) is 0 Å². The minimum Gasteiger partial charge on any atom is -0.388 e. The summed E-state index contributed by atoms with van der Waals surface area (Å²) >= 11 is 0. The van der Waals surface area contributed by atoms with Gasteiger partial charge < -0.3 is 20.5 Å². The van der Waals surface area contributed by atoms with Crippen LogP contribution in [-0.4, -0.2) is 54.4 Å². The van der Waals surface area contributed by atoms with Crippen LogP contribution < -0.4 is 5.73 Å².